The minimum atomic E-state index is -1.77. The Morgan fingerprint density at radius 2 is 0.651 bits per heavy atom. The van der Waals surface area contributed by atoms with Gasteiger partial charge in [0.05, 0.1) is 0 Å². The summed E-state index contributed by atoms with van der Waals surface area (Å²) in [6.45, 7) is 23.9. The molecule has 237 valence electrons. The summed E-state index contributed by atoms with van der Waals surface area (Å²) in [5.74, 6) is 0. The molecule has 0 radical (unpaired) electrons. The summed E-state index contributed by atoms with van der Waals surface area (Å²) in [7, 11) is 13.2. The summed E-state index contributed by atoms with van der Waals surface area (Å²) >= 11 is -1.77. The Balaban J connectivity index is 2.59. The Labute approximate surface area is 269 Å². The summed E-state index contributed by atoms with van der Waals surface area (Å²) in [4.78, 5) is 6.99. The van der Waals surface area contributed by atoms with E-state index in [1.807, 2.05) is 0 Å². The van der Waals surface area contributed by atoms with Gasteiger partial charge in [0.2, 0.25) is 0 Å². The molecule has 3 rings (SSSR count). The summed E-state index contributed by atoms with van der Waals surface area (Å²) < 4.78 is 4.66. The van der Waals surface area contributed by atoms with Crippen molar-refractivity contribution >= 4 is 13.3 Å². The maximum absolute atomic E-state index is 2.59. The van der Waals surface area contributed by atoms with Crippen molar-refractivity contribution in [3.05, 3.63) is 88.0 Å². The van der Waals surface area contributed by atoms with Crippen LogP contribution in [0.4, 0.5) is 0 Å². The van der Waals surface area contributed by atoms with E-state index in [1.54, 1.807) is 13.3 Å². The molecule has 0 heterocycles. The third kappa shape index (κ3) is 9.29. The molecule has 0 aliphatic carbocycles. The monoisotopic (exact) mass is 622 g/mol. The first-order valence-corrected chi connectivity index (χ1v) is 17.7. The van der Waals surface area contributed by atoms with Crippen LogP contribution in [0.25, 0.3) is 0 Å². The van der Waals surface area contributed by atoms with Gasteiger partial charge in [0.25, 0.3) is 0 Å². The third-order valence-corrected chi connectivity index (χ3v) is 11.8. The zero-order chi connectivity index (χ0) is 32.5. The Kier molecular flexibility index (Phi) is 11.2. The van der Waals surface area contributed by atoms with E-state index in [0.29, 0.717) is 0 Å². The fraction of sp³-hybridized carbons (Fsp3) is 0.538. The molecule has 0 aliphatic heterocycles. The zero-order valence-electron chi connectivity index (χ0n) is 30.1. The van der Waals surface area contributed by atoms with Gasteiger partial charge in [-0.05, 0) is 0 Å². The fourth-order valence-electron chi connectivity index (χ4n) is 5.40. The number of rotatable bonds is 9. The van der Waals surface area contributed by atoms with Crippen molar-refractivity contribution in [2.75, 3.05) is 42.3 Å². The predicted octanol–water partition coefficient (Wildman–Crippen LogP) is 6.66. The Morgan fingerprint density at radius 3 is 0.837 bits per heavy atom. The Bertz CT molecular complexity index is 1210. The van der Waals surface area contributed by atoms with Gasteiger partial charge in [-0.1, -0.05) is 0 Å². The number of benzene rings is 3. The van der Waals surface area contributed by atoms with E-state index in [9.17, 15) is 0 Å². The third-order valence-electron chi connectivity index (χ3n) is 7.92. The first kappa shape index (κ1) is 35.6. The standard InChI is InChI=1S/3C13H20N.Cr/c3*1-13(2,3)12-8-6-11(7-9-12)10-14(4)5;/h3*6,8-9H,10H2,1-5H3;. The van der Waals surface area contributed by atoms with Crippen LogP contribution in [0.3, 0.4) is 0 Å². The Hall–Kier alpha value is -1.93. The van der Waals surface area contributed by atoms with Crippen molar-refractivity contribution in [1.29, 1.82) is 0 Å². The molecule has 0 saturated heterocycles. The van der Waals surface area contributed by atoms with Gasteiger partial charge in [0.1, 0.15) is 0 Å². The van der Waals surface area contributed by atoms with Crippen LogP contribution in [-0.4, -0.2) is 57.0 Å². The topological polar surface area (TPSA) is 9.72 Å². The van der Waals surface area contributed by atoms with Crippen LogP contribution in [0.15, 0.2) is 54.6 Å². The van der Waals surface area contributed by atoms with Crippen LogP contribution in [0.5, 0.6) is 0 Å². The van der Waals surface area contributed by atoms with E-state index >= 15 is 0 Å². The molecule has 3 nitrogen and oxygen atoms in total. The van der Waals surface area contributed by atoms with Crippen LogP contribution >= 0.6 is 0 Å². The second kappa shape index (κ2) is 13.6. The molecule has 0 fully saturated rings. The molecule has 43 heavy (non-hydrogen) atoms. The summed E-state index contributed by atoms with van der Waals surface area (Å²) in [6.07, 6.45) is 0. The van der Waals surface area contributed by atoms with Crippen LogP contribution in [0.1, 0.15) is 95.7 Å². The minimum absolute atomic E-state index is 0.0710. The fourth-order valence-corrected chi connectivity index (χ4v) is 9.51. The first-order chi connectivity index (χ1) is 19.7. The number of nitrogens with zero attached hydrogens (tertiary/aromatic N) is 3. The van der Waals surface area contributed by atoms with Gasteiger partial charge in [-0.2, -0.15) is 0 Å². The first-order valence-electron chi connectivity index (χ1n) is 15.8. The van der Waals surface area contributed by atoms with Crippen molar-refractivity contribution in [3.8, 4) is 0 Å². The van der Waals surface area contributed by atoms with E-state index in [4.69, 9.17) is 0 Å². The summed E-state index contributed by atoms with van der Waals surface area (Å²) in [5, 5.41) is 0. The van der Waals surface area contributed by atoms with Crippen LogP contribution < -0.4 is 13.3 Å². The van der Waals surface area contributed by atoms with Gasteiger partial charge in [-0.3, -0.25) is 0 Å². The van der Waals surface area contributed by atoms with E-state index in [1.165, 1.54) is 33.4 Å². The van der Waals surface area contributed by atoms with Gasteiger partial charge in [-0.25, -0.2) is 0 Å². The molecule has 0 bridgehead atoms. The zero-order valence-corrected chi connectivity index (χ0v) is 31.3. The molecule has 0 amide bonds. The van der Waals surface area contributed by atoms with Gasteiger partial charge >= 0.3 is 271 Å². The average Bonchev–Trinajstić information content (AvgIpc) is 2.83. The average molecular weight is 623 g/mol. The van der Waals surface area contributed by atoms with Crippen LogP contribution in [0, 0.1) is 0 Å². The van der Waals surface area contributed by atoms with Crippen molar-refractivity contribution in [3.63, 3.8) is 0 Å². The van der Waals surface area contributed by atoms with E-state index in [-0.39, 0.29) is 16.2 Å². The molecule has 3 aromatic carbocycles. The molecule has 0 aromatic heterocycles. The van der Waals surface area contributed by atoms with Gasteiger partial charge < -0.3 is 0 Å². The van der Waals surface area contributed by atoms with Crippen molar-refractivity contribution in [1.82, 2.24) is 14.7 Å². The molecular formula is C39H60CrN3. The van der Waals surface area contributed by atoms with Gasteiger partial charge in [0.15, 0.2) is 0 Å². The predicted molar refractivity (Wildman–Crippen MR) is 187 cm³/mol. The number of hydrogen-bond donors (Lipinski definition) is 0. The van der Waals surface area contributed by atoms with Gasteiger partial charge in [0, 0.05) is 0 Å². The quantitative estimate of drug-likeness (QED) is 0.264. The molecular weight excluding hydrogens is 562 g/mol. The van der Waals surface area contributed by atoms with Crippen molar-refractivity contribution in [2.45, 2.75) is 98.2 Å². The van der Waals surface area contributed by atoms with Crippen LogP contribution in [0.2, 0.25) is 0 Å². The normalized spacial score (nSPS) is 13.2. The second-order valence-electron chi connectivity index (χ2n) is 16.2. The van der Waals surface area contributed by atoms with Crippen LogP contribution in [-0.2, 0) is 50.0 Å². The second-order valence-corrected chi connectivity index (χ2v) is 19.3. The van der Waals surface area contributed by atoms with E-state index < -0.39 is 14.1 Å². The maximum atomic E-state index is 2.59. The molecule has 4 heteroatoms. The van der Waals surface area contributed by atoms with Gasteiger partial charge in [-0.15, -0.1) is 0 Å². The van der Waals surface area contributed by atoms with Crippen molar-refractivity contribution < 1.29 is 14.1 Å². The number of hydrogen-bond acceptors (Lipinski definition) is 3. The van der Waals surface area contributed by atoms with E-state index in [0.717, 1.165) is 19.6 Å². The molecule has 0 atom stereocenters. The molecule has 0 aliphatic rings. The molecule has 0 spiro atoms. The SMILES string of the molecule is CN(C)Cc1ccc(C(C)(C)C)c[c]1[Cr]([c]1cc(C(C)(C)C)ccc1CN(C)C)[c]1cc(C(C)(C)C)ccc1CN(C)C. The molecule has 0 unspecified atom stereocenters. The Morgan fingerprint density at radius 1 is 0.419 bits per heavy atom. The van der Waals surface area contributed by atoms with Crippen molar-refractivity contribution in [2.24, 2.45) is 0 Å². The van der Waals surface area contributed by atoms with E-state index in [2.05, 4.69) is 174 Å². The molecule has 0 saturated carbocycles. The molecule has 0 N–H and O–H groups in total. The summed E-state index contributed by atoms with van der Waals surface area (Å²) in [6, 6.07) is 22.2. The molecule has 3 aromatic rings. The summed E-state index contributed by atoms with van der Waals surface area (Å²) in [5.41, 5.74) is 8.83.